The summed E-state index contributed by atoms with van der Waals surface area (Å²) in [6, 6.07) is 10.2. The van der Waals surface area contributed by atoms with E-state index in [1.807, 2.05) is 36.9 Å². The van der Waals surface area contributed by atoms with Gasteiger partial charge in [0.2, 0.25) is 5.91 Å². The quantitative estimate of drug-likeness (QED) is 0.300. The number of nitrogens with one attached hydrogen (secondary N) is 4. The van der Waals surface area contributed by atoms with E-state index in [0.29, 0.717) is 26.2 Å². The van der Waals surface area contributed by atoms with E-state index in [1.54, 1.807) is 4.90 Å². The first-order valence-electron chi connectivity index (χ1n) is 18.4. The summed E-state index contributed by atoms with van der Waals surface area (Å²) in [5.74, 6) is 8.54. The van der Waals surface area contributed by atoms with Crippen molar-refractivity contribution in [2.75, 3.05) is 40.4 Å². The zero-order valence-corrected chi connectivity index (χ0v) is 31.3. The third-order valence-corrected chi connectivity index (χ3v) is 10.5. The average molecular weight is 737 g/mol. The molecule has 6 rings (SSSR count). The minimum Gasteiger partial charge on any atom is -0.453 e. The van der Waals surface area contributed by atoms with Crippen molar-refractivity contribution in [1.82, 2.24) is 31.1 Å². The monoisotopic (exact) mass is 736 g/mol. The molecule has 0 saturated carbocycles. The van der Waals surface area contributed by atoms with Crippen molar-refractivity contribution in [3.05, 3.63) is 47.5 Å². The fraction of sp³-hybridized carbons (Fsp3) is 0.500. The molecule has 4 aliphatic rings. The number of hydrogen-bond donors (Lipinski definition) is 4. The Labute approximate surface area is 315 Å². The van der Waals surface area contributed by atoms with Gasteiger partial charge in [-0.3, -0.25) is 35.5 Å². The molecule has 2 aromatic rings. The van der Waals surface area contributed by atoms with Crippen molar-refractivity contribution in [1.29, 1.82) is 0 Å². The molecule has 7 unspecified atom stereocenters. The number of carbonyl (C=O) groups excluding carboxylic acids is 4. The maximum absolute atomic E-state index is 13.5. The lowest BCUT2D eigenvalue weighted by atomic mass is 10.0. The number of nitrogens with zero attached hydrogens (tertiary/aromatic N) is 4. The van der Waals surface area contributed by atoms with Crippen molar-refractivity contribution in [3.63, 3.8) is 0 Å². The van der Waals surface area contributed by atoms with E-state index in [1.165, 1.54) is 14.2 Å². The minimum absolute atomic E-state index is 0.0994. The molecule has 54 heavy (non-hydrogen) atoms. The summed E-state index contributed by atoms with van der Waals surface area (Å²) >= 11 is 0. The molecule has 0 spiro atoms. The number of fused-ring (bicyclic) bond motifs is 1. The molecule has 4 amide bonds. The van der Waals surface area contributed by atoms with Crippen molar-refractivity contribution < 1.29 is 28.7 Å². The van der Waals surface area contributed by atoms with Crippen molar-refractivity contribution in [2.24, 2.45) is 21.8 Å². The molecular weight excluding hydrogens is 688 g/mol. The van der Waals surface area contributed by atoms with Crippen LogP contribution in [0.3, 0.4) is 0 Å². The second kappa shape index (κ2) is 16.7. The van der Waals surface area contributed by atoms with Crippen molar-refractivity contribution >= 4 is 46.2 Å². The number of carbonyl (C=O) groups is 4. The van der Waals surface area contributed by atoms with E-state index < -0.39 is 24.3 Å². The SMILES string of the molecule is C#CC(NC(=O)OC)C(=O)N1CC(C)CC1C1N=C(c2ccc3cc(C#CC4=NC(C5CCCN5C(=O)C(NC(=O)OC)C(C)C)NC4)ccc3c2)CN1. The molecule has 284 valence electrons. The van der Waals surface area contributed by atoms with Gasteiger partial charge in [0.25, 0.3) is 5.91 Å². The second-order valence-corrected chi connectivity index (χ2v) is 14.6. The number of amides is 4. The molecule has 7 atom stereocenters. The van der Waals surface area contributed by atoms with Crippen LogP contribution < -0.4 is 21.3 Å². The van der Waals surface area contributed by atoms with E-state index in [9.17, 15) is 19.2 Å². The highest BCUT2D eigenvalue weighted by molar-refractivity contribution is 6.06. The van der Waals surface area contributed by atoms with Gasteiger partial charge in [0.15, 0.2) is 6.04 Å². The molecule has 2 aromatic carbocycles. The number of rotatable bonds is 8. The molecule has 0 aromatic heterocycles. The van der Waals surface area contributed by atoms with Crippen LogP contribution in [-0.4, -0.2) is 122 Å². The first kappa shape index (κ1) is 38.3. The van der Waals surface area contributed by atoms with Crippen molar-refractivity contribution in [2.45, 2.75) is 76.5 Å². The fourth-order valence-corrected chi connectivity index (χ4v) is 7.69. The fourth-order valence-electron chi connectivity index (χ4n) is 7.69. The maximum Gasteiger partial charge on any atom is 0.408 e. The normalized spacial score (nSPS) is 24.6. The number of benzene rings is 2. The third kappa shape index (κ3) is 8.35. The van der Waals surface area contributed by atoms with Crippen LogP contribution in [0.1, 0.15) is 51.2 Å². The molecule has 0 aliphatic carbocycles. The summed E-state index contributed by atoms with van der Waals surface area (Å²) in [7, 11) is 2.51. The van der Waals surface area contributed by atoms with Crippen LogP contribution in [0.5, 0.6) is 0 Å². The number of alkyl carbamates (subject to hydrolysis) is 2. The van der Waals surface area contributed by atoms with Crippen LogP contribution in [0.4, 0.5) is 9.59 Å². The Kier molecular flexibility index (Phi) is 11.8. The smallest absolute Gasteiger partial charge is 0.408 e. The Balaban J connectivity index is 1.11. The van der Waals surface area contributed by atoms with E-state index in [-0.39, 0.29) is 48.1 Å². The molecular formula is C40H48N8O6. The van der Waals surface area contributed by atoms with Crippen LogP contribution in [0.25, 0.3) is 10.8 Å². The van der Waals surface area contributed by atoms with Crippen LogP contribution in [0.2, 0.25) is 0 Å². The van der Waals surface area contributed by atoms with E-state index in [4.69, 9.17) is 21.1 Å². The van der Waals surface area contributed by atoms with Gasteiger partial charge >= 0.3 is 12.2 Å². The van der Waals surface area contributed by atoms with Gasteiger partial charge in [-0.05, 0) is 71.6 Å². The van der Waals surface area contributed by atoms with E-state index >= 15 is 0 Å². The summed E-state index contributed by atoms with van der Waals surface area (Å²) < 4.78 is 9.38. The molecule has 0 radical (unpaired) electrons. The summed E-state index contributed by atoms with van der Waals surface area (Å²) in [6.07, 6.45) is 6.08. The largest absolute Gasteiger partial charge is 0.453 e. The Morgan fingerprint density at radius 1 is 0.889 bits per heavy atom. The summed E-state index contributed by atoms with van der Waals surface area (Å²) in [4.78, 5) is 63.9. The van der Waals surface area contributed by atoms with Crippen LogP contribution >= 0.6 is 0 Å². The number of terminal acetylenes is 1. The van der Waals surface area contributed by atoms with Gasteiger partial charge in [-0.1, -0.05) is 50.8 Å². The molecule has 0 bridgehead atoms. The minimum atomic E-state index is -1.12. The predicted octanol–water partition coefficient (Wildman–Crippen LogP) is 2.25. The predicted molar refractivity (Wildman–Crippen MR) is 205 cm³/mol. The molecule has 14 nitrogen and oxygen atoms in total. The Morgan fingerprint density at radius 3 is 2.33 bits per heavy atom. The number of likely N-dealkylation sites (tertiary alicyclic amines) is 2. The third-order valence-electron chi connectivity index (χ3n) is 10.5. The average Bonchev–Trinajstić information content (AvgIpc) is 4.01. The first-order valence-corrected chi connectivity index (χ1v) is 18.4. The lowest BCUT2D eigenvalue weighted by Crippen LogP contribution is -2.55. The summed E-state index contributed by atoms with van der Waals surface area (Å²) in [5.41, 5.74) is 3.49. The highest BCUT2D eigenvalue weighted by Gasteiger charge is 2.42. The molecule has 4 heterocycles. The van der Waals surface area contributed by atoms with Crippen LogP contribution in [-0.2, 0) is 19.1 Å². The van der Waals surface area contributed by atoms with E-state index in [0.717, 1.165) is 52.6 Å². The van der Waals surface area contributed by atoms with Gasteiger partial charge in [0.05, 0.1) is 32.0 Å². The van der Waals surface area contributed by atoms with Crippen LogP contribution in [0.15, 0.2) is 46.4 Å². The molecule has 2 fully saturated rings. The number of methoxy groups -OCH3 is 2. The second-order valence-electron chi connectivity index (χ2n) is 14.6. The van der Waals surface area contributed by atoms with Crippen molar-refractivity contribution in [3.8, 4) is 24.2 Å². The van der Waals surface area contributed by atoms with Gasteiger partial charge in [0, 0.05) is 31.7 Å². The Bertz CT molecular complexity index is 1960. The topological polar surface area (TPSA) is 166 Å². The lowest BCUT2D eigenvalue weighted by Gasteiger charge is -2.32. The lowest BCUT2D eigenvalue weighted by molar-refractivity contribution is -0.135. The molecule has 4 aliphatic heterocycles. The maximum atomic E-state index is 13.5. The zero-order chi connectivity index (χ0) is 38.5. The van der Waals surface area contributed by atoms with Crippen LogP contribution in [0, 0.1) is 36.0 Å². The summed E-state index contributed by atoms with van der Waals surface area (Å²) in [5, 5.41) is 14.1. The van der Waals surface area contributed by atoms with Gasteiger partial charge in [-0.15, -0.1) is 6.42 Å². The van der Waals surface area contributed by atoms with Gasteiger partial charge in [0.1, 0.15) is 24.1 Å². The molecule has 4 N–H and O–H groups in total. The Hall–Kier alpha value is -5.44. The first-order chi connectivity index (χ1) is 26.0. The number of ether oxygens (including phenoxy) is 2. The number of hydrogen-bond acceptors (Lipinski definition) is 10. The Morgan fingerprint density at radius 2 is 1.59 bits per heavy atom. The van der Waals surface area contributed by atoms with Gasteiger partial charge in [-0.25, -0.2) is 9.59 Å². The van der Waals surface area contributed by atoms with Gasteiger partial charge in [-0.2, -0.15) is 0 Å². The standard InChI is InChI=1S/C40H48N8O6/c1-7-30(45-39(51)53-5)37(49)48-22-24(4)17-33(48)36-42-21-31(44-36)28-14-13-26-18-25(10-12-27(26)19-28)11-15-29-20-41-35(43-29)32-9-8-16-47(32)38(50)34(23(2)3)46-40(52)54-6/h1,10,12-14,18-19,23-24,30,32-36,41-42H,8-9,16-17,20-22H2,2-6H3,(H,45,51)(H,46,52). The molecule has 2 saturated heterocycles. The highest BCUT2D eigenvalue weighted by atomic mass is 16.5. The highest BCUT2D eigenvalue weighted by Crippen LogP contribution is 2.29. The zero-order valence-electron chi connectivity index (χ0n) is 31.3. The van der Waals surface area contributed by atoms with E-state index in [2.05, 4.69) is 68.9 Å². The molecule has 14 heteroatoms. The number of aliphatic imine (C=N–C) groups is 2. The summed E-state index contributed by atoms with van der Waals surface area (Å²) in [6.45, 7) is 8.08. The van der Waals surface area contributed by atoms with Gasteiger partial charge < -0.3 is 24.6 Å².